The van der Waals surface area contributed by atoms with Crippen molar-refractivity contribution in [1.29, 1.82) is 0 Å². The minimum Gasteiger partial charge on any atom is -0.496 e. The maximum absolute atomic E-state index is 13.2. The second-order valence-corrected chi connectivity index (χ2v) is 7.50. The number of rotatable bonds is 5. The van der Waals surface area contributed by atoms with E-state index in [1.807, 2.05) is 54.6 Å². The number of hydrogen-bond donors (Lipinski definition) is 1. The monoisotopic (exact) mass is 391 g/mol. The predicted molar refractivity (Wildman–Crippen MR) is 113 cm³/mol. The average molecular weight is 391 g/mol. The number of nitrogens with one attached hydrogen (secondary N) is 1. The van der Waals surface area contributed by atoms with Gasteiger partial charge in [0.1, 0.15) is 19.0 Å². The van der Waals surface area contributed by atoms with Gasteiger partial charge in [0.15, 0.2) is 11.5 Å². The number of carbonyl (C=O) groups is 1. The molecule has 0 aromatic heterocycles. The minimum absolute atomic E-state index is 0.166. The molecule has 0 saturated heterocycles. The molecule has 0 unspecified atom stereocenters. The summed E-state index contributed by atoms with van der Waals surface area (Å²) in [4.78, 5) is 13.2. The molecule has 0 fully saturated rings. The van der Waals surface area contributed by atoms with Crippen molar-refractivity contribution in [2.24, 2.45) is 5.92 Å². The van der Waals surface area contributed by atoms with Crippen LogP contribution in [0, 0.1) is 5.92 Å². The lowest BCUT2D eigenvalue weighted by Gasteiger charge is -2.26. The van der Waals surface area contributed by atoms with Gasteiger partial charge in [-0.3, -0.25) is 4.79 Å². The Balaban J connectivity index is 1.65. The molecule has 29 heavy (non-hydrogen) atoms. The summed E-state index contributed by atoms with van der Waals surface area (Å²) >= 11 is 0. The van der Waals surface area contributed by atoms with Crippen LogP contribution in [-0.4, -0.2) is 26.2 Å². The van der Waals surface area contributed by atoms with Crippen molar-refractivity contribution in [2.45, 2.75) is 19.9 Å². The van der Waals surface area contributed by atoms with E-state index in [4.69, 9.17) is 14.2 Å². The Hall–Kier alpha value is -3.21. The summed E-state index contributed by atoms with van der Waals surface area (Å²) in [5.74, 6) is 2.04. The quantitative estimate of drug-likeness (QED) is 0.682. The molecule has 3 aromatic rings. The molecule has 5 nitrogen and oxygen atoms in total. The third-order valence-corrected chi connectivity index (χ3v) is 5.19. The molecule has 5 heteroatoms. The van der Waals surface area contributed by atoms with Gasteiger partial charge in [0.25, 0.3) is 5.91 Å². The van der Waals surface area contributed by atoms with Crippen molar-refractivity contribution in [3.63, 3.8) is 0 Å². The first-order chi connectivity index (χ1) is 14.1. The molecule has 1 N–H and O–H groups in total. The smallest absolute Gasteiger partial charge is 0.255 e. The number of amides is 1. The van der Waals surface area contributed by atoms with Crippen molar-refractivity contribution < 1.29 is 19.0 Å². The fourth-order valence-corrected chi connectivity index (χ4v) is 3.67. The van der Waals surface area contributed by atoms with E-state index in [0.29, 0.717) is 24.5 Å². The van der Waals surface area contributed by atoms with Crippen molar-refractivity contribution in [3.05, 3.63) is 65.7 Å². The van der Waals surface area contributed by atoms with Gasteiger partial charge in [-0.05, 0) is 46.5 Å². The normalized spacial score (nSPS) is 13.9. The fraction of sp³-hybridized carbons (Fsp3) is 0.292. The van der Waals surface area contributed by atoms with Gasteiger partial charge in [-0.1, -0.05) is 44.2 Å². The molecule has 1 amide bonds. The second kappa shape index (κ2) is 8.03. The maximum atomic E-state index is 13.2. The third-order valence-electron chi connectivity index (χ3n) is 5.19. The number of carbonyl (C=O) groups excluding carboxylic acids is 1. The maximum Gasteiger partial charge on any atom is 0.255 e. The van der Waals surface area contributed by atoms with Crippen LogP contribution in [0.5, 0.6) is 17.2 Å². The summed E-state index contributed by atoms with van der Waals surface area (Å²) in [6.07, 6.45) is 0. The molecular formula is C24H25NO4. The molecule has 0 spiro atoms. The molecule has 3 aromatic carbocycles. The van der Waals surface area contributed by atoms with Crippen LogP contribution in [0.3, 0.4) is 0 Å². The molecule has 0 radical (unpaired) electrons. The lowest BCUT2D eigenvalue weighted by atomic mass is 9.95. The Labute approximate surface area is 170 Å². The topological polar surface area (TPSA) is 56.8 Å². The Morgan fingerprint density at radius 2 is 1.66 bits per heavy atom. The van der Waals surface area contributed by atoms with E-state index in [2.05, 4.69) is 19.2 Å². The van der Waals surface area contributed by atoms with Crippen LogP contribution in [0.4, 0.5) is 0 Å². The zero-order valence-corrected chi connectivity index (χ0v) is 16.9. The molecular weight excluding hydrogens is 366 g/mol. The second-order valence-electron chi connectivity index (χ2n) is 7.50. The van der Waals surface area contributed by atoms with E-state index in [0.717, 1.165) is 27.8 Å². The van der Waals surface area contributed by atoms with E-state index in [-0.39, 0.29) is 17.9 Å². The highest BCUT2D eigenvalue weighted by molar-refractivity contribution is 6.01. The largest absolute Gasteiger partial charge is 0.496 e. The van der Waals surface area contributed by atoms with E-state index < -0.39 is 0 Å². The van der Waals surface area contributed by atoms with Gasteiger partial charge in [-0.25, -0.2) is 0 Å². The first kappa shape index (κ1) is 19.1. The van der Waals surface area contributed by atoms with E-state index >= 15 is 0 Å². The molecule has 1 heterocycles. The summed E-state index contributed by atoms with van der Waals surface area (Å²) in [5, 5.41) is 5.21. The van der Waals surface area contributed by atoms with E-state index in [1.54, 1.807) is 7.11 Å². The van der Waals surface area contributed by atoms with Crippen molar-refractivity contribution in [1.82, 2.24) is 5.32 Å². The van der Waals surface area contributed by atoms with Crippen molar-refractivity contribution in [2.75, 3.05) is 20.3 Å². The molecule has 0 aliphatic carbocycles. The molecule has 1 aliphatic heterocycles. The highest BCUT2D eigenvalue weighted by Gasteiger charge is 2.23. The van der Waals surface area contributed by atoms with Gasteiger partial charge < -0.3 is 19.5 Å². The molecule has 0 bridgehead atoms. The van der Waals surface area contributed by atoms with Crippen LogP contribution in [-0.2, 0) is 0 Å². The Morgan fingerprint density at radius 1 is 0.966 bits per heavy atom. The van der Waals surface area contributed by atoms with Gasteiger partial charge in [0.05, 0.1) is 18.7 Å². The molecule has 0 saturated carbocycles. The summed E-state index contributed by atoms with van der Waals surface area (Å²) < 4.78 is 16.8. The molecule has 4 rings (SSSR count). The third kappa shape index (κ3) is 3.86. The first-order valence-corrected chi connectivity index (χ1v) is 9.84. The Kier molecular flexibility index (Phi) is 5.30. The van der Waals surface area contributed by atoms with E-state index in [1.165, 1.54) is 0 Å². The molecule has 150 valence electrons. The highest BCUT2D eigenvalue weighted by atomic mass is 16.6. The number of methoxy groups -OCH3 is 1. The Morgan fingerprint density at radius 3 is 2.34 bits per heavy atom. The zero-order valence-electron chi connectivity index (χ0n) is 16.9. The lowest BCUT2D eigenvalue weighted by molar-refractivity contribution is 0.0922. The van der Waals surface area contributed by atoms with Crippen LogP contribution >= 0.6 is 0 Å². The van der Waals surface area contributed by atoms with Gasteiger partial charge in [-0.2, -0.15) is 0 Å². The van der Waals surface area contributed by atoms with E-state index in [9.17, 15) is 4.79 Å². The highest BCUT2D eigenvalue weighted by Crippen LogP contribution is 2.35. The van der Waals surface area contributed by atoms with Gasteiger partial charge in [0.2, 0.25) is 0 Å². The van der Waals surface area contributed by atoms with Gasteiger partial charge in [0, 0.05) is 0 Å². The number of hydrogen-bond acceptors (Lipinski definition) is 4. The van der Waals surface area contributed by atoms with Gasteiger partial charge >= 0.3 is 0 Å². The minimum atomic E-state index is -0.172. The van der Waals surface area contributed by atoms with Crippen LogP contribution in [0.15, 0.2) is 54.6 Å². The van der Waals surface area contributed by atoms with Crippen molar-refractivity contribution >= 4 is 16.7 Å². The summed E-state index contributed by atoms with van der Waals surface area (Å²) in [5.41, 5.74) is 1.51. The molecule has 1 aliphatic rings. The average Bonchev–Trinajstić information content (AvgIpc) is 2.75. The van der Waals surface area contributed by atoms with Crippen LogP contribution in [0.25, 0.3) is 10.8 Å². The zero-order chi connectivity index (χ0) is 20.4. The lowest BCUT2D eigenvalue weighted by Crippen LogP contribution is -2.32. The van der Waals surface area contributed by atoms with Crippen LogP contribution in [0.1, 0.15) is 35.8 Å². The van der Waals surface area contributed by atoms with Crippen LogP contribution in [0.2, 0.25) is 0 Å². The van der Waals surface area contributed by atoms with Gasteiger partial charge in [-0.15, -0.1) is 0 Å². The molecule has 1 atom stereocenters. The summed E-state index contributed by atoms with van der Waals surface area (Å²) in [6, 6.07) is 17.4. The number of benzene rings is 3. The summed E-state index contributed by atoms with van der Waals surface area (Å²) in [6.45, 7) is 5.25. The Bertz CT molecular complexity index is 1040. The standard InChI is InChI=1S/C24H25NO4/c1-15(2)23(18-8-9-20-22(14-18)29-11-10-28-20)25-24(26)19-12-16-6-4-5-7-17(16)13-21(19)27-3/h4-9,12-15,23H,10-11H2,1-3H3,(H,25,26)/t23-/m1/s1. The van der Waals surface area contributed by atoms with Crippen LogP contribution < -0.4 is 19.5 Å². The number of fused-ring (bicyclic) bond motifs is 2. The predicted octanol–water partition coefficient (Wildman–Crippen LogP) is 4.75. The SMILES string of the molecule is COc1cc2ccccc2cc1C(=O)N[C@@H](c1ccc2c(c1)OCCO2)C(C)C. The number of ether oxygens (including phenoxy) is 3. The first-order valence-electron chi connectivity index (χ1n) is 9.84. The fourth-order valence-electron chi connectivity index (χ4n) is 3.67. The van der Waals surface area contributed by atoms with Crippen molar-refractivity contribution in [3.8, 4) is 17.2 Å². The summed E-state index contributed by atoms with van der Waals surface area (Å²) in [7, 11) is 1.58.